The van der Waals surface area contributed by atoms with E-state index in [0.717, 1.165) is 6.42 Å². The number of hydrogen-bond acceptors (Lipinski definition) is 3. The standard InChI is InChI=1S/C13H25NO4/c1-9(2)8-13(3,4)12(17)14-10(11(15)16)6-7-18-5/h9-10H,6-8H2,1-5H3,(H,14,17)(H,15,16). The third-order valence-corrected chi connectivity index (χ3v) is 2.75. The molecule has 0 saturated carbocycles. The summed E-state index contributed by atoms with van der Waals surface area (Å²) in [6.07, 6.45) is 0.991. The van der Waals surface area contributed by atoms with Gasteiger partial charge in [-0.1, -0.05) is 27.7 Å². The van der Waals surface area contributed by atoms with E-state index in [1.165, 1.54) is 7.11 Å². The van der Waals surface area contributed by atoms with E-state index in [-0.39, 0.29) is 12.3 Å². The molecule has 2 N–H and O–H groups in total. The summed E-state index contributed by atoms with van der Waals surface area (Å²) in [5.41, 5.74) is -0.561. The molecule has 18 heavy (non-hydrogen) atoms. The Labute approximate surface area is 109 Å². The summed E-state index contributed by atoms with van der Waals surface area (Å²) in [4.78, 5) is 23.1. The van der Waals surface area contributed by atoms with Crippen molar-refractivity contribution in [1.82, 2.24) is 5.32 Å². The Morgan fingerprint density at radius 3 is 2.28 bits per heavy atom. The van der Waals surface area contributed by atoms with Crippen molar-refractivity contribution >= 4 is 11.9 Å². The smallest absolute Gasteiger partial charge is 0.326 e. The number of carbonyl (C=O) groups is 2. The lowest BCUT2D eigenvalue weighted by atomic mass is 9.83. The largest absolute Gasteiger partial charge is 0.480 e. The molecule has 5 nitrogen and oxygen atoms in total. The second-order valence-corrected chi connectivity index (χ2v) is 5.63. The second kappa shape index (κ2) is 7.36. The minimum atomic E-state index is -1.03. The van der Waals surface area contributed by atoms with Crippen LogP contribution in [0.25, 0.3) is 0 Å². The summed E-state index contributed by atoms with van der Waals surface area (Å²) in [6, 6.07) is -0.885. The van der Waals surface area contributed by atoms with Crippen molar-refractivity contribution in [3.8, 4) is 0 Å². The fourth-order valence-electron chi connectivity index (χ4n) is 1.96. The molecule has 0 bridgehead atoms. The molecule has 0 aliphatic rings. The summed E-state index contributed by atoms with van der Waals surface area (Å²) in [5, 5.41) is 11.6. The monoisotopic (exact) mass is 259 g/mol. The van der Waals surface area contributed by atoms with E-state index >= 15 is 0 Å². The van der Waals surface area contributed by atoms with Crippen LogP contribution < -0.4 is 5.32 Å². The number of carbonyl (C=O) groups excluding carboxylic acids is 1. The highest BCUT2D eigenvalue weighted by Crippen LogP contribution is 2.25. The number of nitrogens with one attached hydrogen (secondary N) is 1. The first-order valence-corrected chi connectivity index (χ1v) is 6.23. The van der Waals surface area contributed by atoms with Crippen LogP contribution in [0, 0.1) is 11.3 Å². The number of carboxylic acid groups (broad SMARTS) is 1. The average molecular weight is 259 g/mol. The molecule has 0 aromatic heterocycles. The van der Waals surface area contributed by atoms with Crippen LogP contribution in [-0.4, -0.2) is 36.7 Å². The van der Waals surface area contributed by atoms with E-state index < -0.39 is 17.4 Å². The highest BCUT2D eigenvalue weighted by molar-refractivity contribution is 5.86. The van der Waals surface area contributed by atoms with Crippen LogP contribution in [0.1, 0.15) is 40.5 Å². The van der Waals surface area contributed by atoms with Crippen LogP contribution >= 0.6 is 0 Å². The zero-order valence-electron chi connectivity index (χ0n) is 11.9. The fraction of sp³-hybridized carbons (Fsp3) is 0.846. The van der Waals surface area contributed by atoms with Crippen molar-refractivity contribution in [1.29, 1.82) is 0 Å². The molecule has 106 valence electrons. The number of methoxy groups -OCH3 is 1. The number of rotatable bonds is 8. The van der Waals surface area contributed by atoms with Gasteiger partial charge in [0.25, 0.3) is 0 Å². The average Bonchev–Trinajstić information content (AvgIpc) is 2.21. The van der Waals surface area contributed by atoms with Crippen LogP contribution in [0.15, 0.2) is 0 Å². The Morgan fingerprint density at radius 1 is 1.33 bits per heavy atom. The first-order valence-electron chi connectivity index (χ1n) is 6.23. The minimum Gasteiger partial charge on any atom is -0.480 e. The maximum absolute atomic E-state index is 12.1. The lowest BCUT2D eigenvalue weighted by molar-refractivity contribution is -0.144. The van der Waals surface area contributed by atoms with Crippen molar-refractivity contribution in [2.75, 3.05) is 13.7 Å². The van der Waals surface area contributed by atoms with Crippen LogP contribution in [0.5, 0.6) is 0 Å². The third kappa shape index (κ3) is 6.00. The Morgan fingerprint density at radius 2 is 1.89 bits per heavy atom. The molecule has 0 aliphatic carbocycles. The number of aliphatic carboxylic acids is 1. The summed E-state index contributed by atoms with van der Waals surface area (Å²) >= 11 is 0. The molecule has 0 aliphatic heterocycles. The first-order chi connectivity index (χ1) is 8.20. The molecule has 1 atom stereocenters. The van der Waals surface area contributed by atoms with E-state index in [1.54, 1.807) is 0 Å². The number of ether oxygens (including phenoxy) is 1. The van der Waals surface area contributed by atoms with Crippen molar-refractivity contribution in [3.63, 3.8) is 0 Å². The summed E-state index contributed by atoms with van der Waals surface area (Å²) in [5.74, 6) is -0.867. The lowest BCUT2D eigenvalue weighted by Crippen LogP contribution is -2.47. The quantitative estimate of drug-likeness (QED) is 0.695. The Balaban J connectivity index is 4.53. The Bertz CT molecular complexity index is 287. The normalized spacial score (nSPS) is 13.4. The fourth-order valence-corrected chi connectivity index (χ4v) is 1.96. The van der Waals surface area contributed by atoms with Gasteiger partial charge >= 0.3 is 5.97 Å². The van der Waals surface area contributed by atoms with E-state index in [0.29, 0.717) is 12.5 Å². The number of hydrogen-bond donors (Lipinski definition) is 2. The topological polar surface area (TPSA) is 75.6 Å². The Kier molecular flexibility index (Phi) is 6.91. The number of amides is 1. The molecule has 0 rings (SSSR count). The molecule has 0 aromatic rings. The van der Waals surface area contributed by atoms with E-state index in [4.69, 9.17) is 9.84 Å². The second-order valence-electron chi connectivity index (χ2n) is 5.63. The van der Waals surface area contributed by atoms with Gasteiger partial charge in [0.05, 0.1) is 0 Å². The maximum Gasteiger partial charge on any atom is 0.326 e. The molecule has 0 saturated heterocycles. The maximum atomic E-state index is 12.1. The molecule has 1 amide bonds. The van der Waals surface area contributed by atoms with Gasteiger partial charge < -0.3 is 15.2 Å². The van der Waals surface area contributed by atoms with Crippen molar-refractivity contribution in [2.45, 2.75) is 46.6 Å². The summed E-state index contributed by atoms with van der Waals surface area (Å²) < 4.78 is 4.84. The van der Waals surface area contributed by atoms with Crippen molar-refractivity contribution in [3.05, 3.63) is 0 Å². The molecule has 0 fully saturated rings. The zero-order valence-corrected chi connectivity index (χ0v) is 11.9. The van der Waals surface area contributed by atoms with Gasteiger partial charge in [-0.3, -0.25) is 4.79 Å². The Hall–Kier alpha value is -1.10. The lowest BCUT2D eigenvalue weighted by Gasteiger charge is -2.27. The molecular formula is C13H25NO4. The van der Waals surface area contributed by atoms with Gasteiger partial charge in [0.15, 0.2) is 0 Å². The summed E-state index contributed by atoms with van der Waals surface area (Å²) in [6.45, 7) is 8.04. The van der Waals surface area contributed by atoms with Crippen LogP contribution in [0.3, 0.4) is 0 Å². The third-order valence-electron chi connectivity index (χ3n) is 2.75. The first kappa shape index (κ1) is 16.9. The van der Waals surface area contributed by atoms with Gasteiger partial charge in [-0.2, -0.15) is 0 Å². The SMILES string of the molecule is COCCC(NC(=O)C(C)(C)CC(C)C)C(=O)O. The van der Waals surface area contributed by atoms with Gasteiger partial charge in [-0.25, -0.2) is 4.79 Å². The van der Waals surface area contributed by atoms with Gasteiger partial charge in [0.1, 0.15) is 6.04 Å². The zero-order chi connectivity index (χ0) is 14.3. The van der Waals surface area contributed by atoms with E-state index in [1.807, 2.05) is 27.7 Å². The molecular weight excluding hydrogens is 234 g/mol. The number of carboxylic acids is 1. The van der Waals surface area contributed by atoms with Gasteiger partial charge in [0.2, 0.25) is 5.91 Å². The van der Waals surface area contributed by atoms with Crippen LogP contribution in [0.4, 0.5) is 0 Å². The summed E-state index contributed by atoms with van der Waals surface area (Å²) in [7, 11) is 1.50. The van der Waals surface area contributed by atoms with Crippen molar-refractivity contribution in [2.24, 2.45) is 11.3 Å². The van der Waals surface area contributed by atoms with E-state index in [9.17, 15) is 9.59 Å². The van der Waals surface area contributed by atoms with Crippen LogP contribution in [0.2, 0.25) is 0 Å². The van der Waals surface area contributed by atoms with Crippen LogP contribution in [-0.2, 0) is 14.3 Å². The predicted molar refractivity (Wildman–Crippen MR) is 69.3 cm³/mol. The minimum absolute atomic E-state index is 0.222. The van der Waals surface area contributed by atoms with E-state index in [2.05, 4.69) is 5.32 Å². The molecule has 0 spiro atoms. The molecule has 5 heteroatoms. The molecule has 0 radical (unpaired) electrons. The highest BCUT2D eigenvalue weighted by atomic mass is 16.5. The molecule has 0 heterocycles. The van der Waals surface area contributed by atoms with Gasteiger partial charge in [0, 0.05) is 25.6 Å². The molecule has 1 unspecified atom stereocenters. The van der Waals surface area contributed by atoms with Gasteiger partial charge in [-0.15, -0.1) is 0 Å². The predicted octanol–water partition coefficient (Wildman–Crippen LogP) is 1.66. The molecule has 0 aromatic carbocycles. The highest BCUT2D eigenvalue weighted by Gasteiger charge is 2.31. The van der Waals surface area contributed by atoms with Crippen molar-refractivity contribution < 1.29 is 19.4 Å². The van der Waals surface area contributed by atoms with Gasteiger partial charge in [-0.05, 0) is 12.3 Å².